The molecule has 2 saturated carbocycles. The van der Waals surface area contributed by atoms with Crippen molar-refractivity contribution in [3.05, 3.63) is 70.6 Å². The van der Waals surface area contributed by atoms with Crippen LogP contribution in [0.1, 0.15) is 43.0 Å². The molecule has 8 heteroatoms. The van der Waals surface area contributed by atoms with Gasteiger partial charge >= 0.3 is 0 Å². The van der Waals surface area contributed by atoms with Crippen molar-refractivity contribution in [1.82, 2.24) is 24.0 Å². The van der Waals surface area contributed by atoms with E-state index in [1.54, 1.807) is 19.4 Å². The van der Waals surface area contributed by atoms with Crippen LogP contribution in [0.5, 0.6) is 5.75 Å². The van der Waals surface area contributed by atoms with Gasteiger partial charge in [0.25, 0.3) is 5.91 Å². The largest absolute Gasteiger partial charge is 0.494 e. The lowest BCUT2D eigenvalue weighted by atomic mass is 9.95. The third kappa shape index (κ3) is 4.46. The van der Waals surface area contributed by atoms with Gasteiger partial charge in [-0.1, -0.05) is 19.1 Å². The Kier molecular flexibility index (Phi) is 6.03. The fourth-order valence-corrected chi connectivity index (χ4v) is 7.68. The smallest absolute Gasteiger partial charge is 0.254 e. The molecule has 3 aliphatic rings. The number of H-pyrrole nitrogens is 1. The van der Waals surface area contributed by atoms with Crippen molar-refractivity contribution < 1.29 is 9.53 Å². The quantitative estimate of drug-likeness (QED) is 0.266. The van der Waals surface area contributed by atoms with Gasteiger partial charge < -0.3 is 23.8 Å². The number of carbonyl (C=O) groups is 1. The molecule has 1 amide bonds. The first kappa shape index (κ1) is 26.3. The lowest BCUT2D eigenvalue weighted by Gasteiger charge is -2.32. The number of aryl methyl sites for hydroxylation is 1. The number of fused-ring (bicyclic) bond motifs is 4. The zero-order chi connectivity index (χ0) is 29.4. The summed E-state index contributed by atoms with van der Waals surface area (Å²) in [5, 5.41) is 1.15. The lowest BCUT2D eigenvalue weighted by molar-refractivity contribution is 0.0653. The van der Waals surface area contributed by atoms with Gasteiger partial charge in [0, 0.05) is 55.4 Å². The Morgan fingerprint density at radius 2 is 1.88 bits per heavy atom. The number of likely N-dealkylation sites (tertiary alicyclic amines) is 1. The first-order valence-corrected chi connectivity index (χ1v) is 15.5. The molecule has 0 spiro atoms. The number of nitrogens with one attached hydrogen (secondary N) is 1. The second-order valence-electron chi connectivity index (χ2n) is 13.1. The summed E-state index contributed by atoms with van der Waals surface area (Å²) < 4.78 is 10.4. The van der Waals surface area contributed by atoms with Crippen molar-refractivity contribution in [3.8, 4) is 28.4 Å². The molecule has 5 aromatic rings. The minimum atomic E-state index is -0.107. The van der Waals surface area contributed by atoms with Crippen molar-refractivity contribution in [1.29, 1.82) is 0 Å². The standard InChI is InChI=1S/C35H37N5O3/c1-20-10-22-11-27(20)19-39(17-22)35(42)26-12-28-33(31(15-26)43-3)38(2)34(37-28)30-14-24-7-6-23(25-8-9-32(41)36-16-25)13-29(24)40(30)18-21-4-5-21/h6-9,12-16,20-22,27H,4-5,10-11,17-19H2,1-3H3,(H,36,41)/t20-,22?,27?/m0/s1. The summed E-state index contributed by atoms with van der Waals surface area (Å²) in [5.74, 6) is 4.16. The Hall–Kier alpha value is -4.33. The molecule has 1 aliphatic heterocycles. The van der Waals surface area contributed by atoms with Crippen LogP contribution in [0.25, 0.3) is 44.6 Å². The van der Waals surface area contributed by atoms with Gasteiger partial charge in [-0.15, -0.1) is 0 Å². The maximum atomic E-state index is 13.8. The maximum absolute atomic E-state index is 13.8. The number of pyridine rings is 1. The molecule has 2 aliphatic carbocycles. The Labute approximate surface area is 250 Å². The van der Waals surface area contributed by atoms with Gasteiger partial charge in [-0.2, -0.15) is 0 Å². The van der Waals surface area contributed by atoms with Crippen LogP contribution < -0.4 is 10.3 Å². The van der Waals surface area contributed by atoms with Crippen molar-refractivity contribution >= 4 is 27.8 Å². The monoisotopic (exact) mass is 575 g/mol. The molecule has 43 heavy (non-hydrogen) atoms. The number of piperidine rings is 1. The SMILES string of the molecule is COc1cc(C(=O)N2CC3CC(C2)[C@@H](C)C3)cc2nc(-c3cc4ccc(-c5ccc(=O)[nH]c5)cc4n3CC3CC3)n(C)c12. The number of methoxy groups -OCH3 is 1. The molecule has 3 aromatic heterocycles. The number of hydrogen-bond donors (Lipinski definition) is 1. The number of benzene rings is 2. The highest BCUT2D eigenvalue weighted by Gasteiger charge is 2.39. The van der Waals surface area contributed by atoms with Crippen LogP contribution >= 0.6 is 0 Å². The Balaban J connectivity index is 1.22. The molecular weight excluding hydrogens is 538 g/mol. The van der Waals surface area contributed by atoms with Crippen LogP contribution in [0.3, 0.4) is 0 Å². The summed E-state index contributed by atoms with van der Waals surface area (Å²) in [6.45, 7) is 4.94. The number of hydrogen-bond acceptors (Lipinski definition) is 4. The molecule has 3 fully saturated rings. The molecular formula is C35H37N5O3. The summed E-state index contributed by atoms with van der Waals surface area (Å²) in [5.41, 5.74) is 6.43. The van der Waals surface area contributed by atoms with E-state index in [9.17, 15) is 9.59 Å². The van der Waals surface area contributed by atoms with Crippen molar-refractivity contribution in [2.45, 2.75) is 39.2 Å². The highest BCUT2D eigenvalue weighted by molar-refractivity contribution is 6.00. The number of nitrogens with zero attached hydrogens (tertiary/aromatic N) is 4. The number of aromatic nitrogens is 4. The van der Waals surface area contributed by atoms with E-state index in [1.807, 2.05) is 25.2 Å². The lowest BCUT2D eigenvalue weighted by Crippen LogP contribution is -2.41. The minimum absolute atomic E-state index is 0.0776. The van der Waals surface area contributed by atoms with Gasteiger partial charge in [0.1, 0.15) is 11.3 Å². The molecule has 2 unspecified atom stereocenters. The van der Waals surface area contributed by atoms with Crippen molar-refractivity contribution in [2.75, 3.05) is 20.2 Å². The third-order valence-corrected chi connectivity index (χ3v) is 10.2. The van der Waals surface area contributed by atoms with E-state index in [2.05, 4.69) is 50.2 Å². The second-order valence-corrected chi connectivity index (χ2v) is 13.1. The molecule has 220 valence electrons. The van der Waals surface area contributed by atoms with Crippen molar-refractivity contribution in [2.24, 2.45) is 30.7 Å². The van der Waals surface area contributed by atoms with Gasteiger partial charge in [0.05, 0.1) is 18.3 Å². The molecule has 4 heterocycles. The van der Waals surface area contributed by atoms with E-state index in [0.717, 1.165) is 64.2 Å². The van der Waals surface area contributed by atoms with Gasteiger partial charge in [-0.05, 0) is 90.8 Å². The molecule has 2 aromatic carbocycles. The predicted octanol–water partition coefficient (Wildman–Crippen LogP) is 6.09. The second kappa shape index (κ2) is 9.86. The van der Waals surface area contributed by atoms with Crippen LogP contribution in [-0.4, -0.2) is 50.1 Å². The van der Waals surface area contributed by atoms with E-state index < -0.39 is 0 Å². The summed E-state index contributed by atoms with van der Waals surface area (Å²) in [4.78, 5) is 35.4. The fraction of sp³-hybridized carbons (Fsp3) is 0.400. The summed E-state index contributed by atoms with van der Waals surface area (Å²) in [6.07, 6.45) is 6.71. The molecule has 0 radical (unpaired) electrons. The summed E-state index contributed by atoms with van der Waals surface area (Å²) >= 11 is 0. The molecule has 2 bridgehead atoms. The third-order valence-electron chi connectivity index (χ3n) is 10.2. The maximum Gasteiger partial charge on any atom is 0.254 e. The normalized spacial score (nSPS) is 21.7. The first-order valence-electron chi connectivity index (χ1n) is 15.5. The van der Waals surface area contributed by atoms with Crippen molar-refractivity contribution in [3.63, 3.8) is 0 Å². The topological polar surface area (TPSA) is 85.2 Å². The van der Waals surface area contributed by atoms with Crippen LogP contribution in [0.4, 0.5) is 0 Å². The van der Waals surface area contributed by atoms with Crippen LogP contribution in [0, 0.1) is 23.7 Å². The highest BCUT2D eigenvalue weighted by Crippen LogP contribution is 2.42. The van der Waals surface area contributed by atoms with Crippen LogP contribution in [0.15, 0.2) is 59.5 Å². The molecule has 8 nitrogen and oxygen atoms in total. The summed E-state index contributed by atoms with van der Waals surface area (Å²) in [6, 6.07) is 16.0. The average Bonchev–Trinajstić information content (AvgIpc) is 3.61. The van der Waals surface area contributed by atoms with E-state index >= 15 is 0 Å². The Morgan fingerprint density at radius 3 is 2.63 bits per heavy atom. The van der Waals surface area contributed by atoms with Crippen LogP contribution in [0.2, 0.25) is 0 Å². The predicted molar refractivity (Wildman–Crippen MR) is 168 cm³/mol. The van der Waals surface area contributed by atoms with E-state index in [1.165, 1.54) is 25.7 Å². The Bertz CT molecular complexity index is 1940. The molecule has 3 atom stereocenters. The number of amides is 1. The van der Waals surface area contributed by atoms with E-state index in [4.69, 9.17) is 9.72 Å². The number of ether oxygens (including phenoxy) is 1. The number of carbonyl (C=O) groups excluding carboxylic acids is 1. The zero-order valence-corrected chi connectivity index (χ0v) is 25.0. The van der Waals surface area contributed by atoms with Crippen LogP contribution in [-0.2, 0) is 13.6 Å². The molecule has 8 rings (SSSR count). The average molecular weight is 576 g/mol. The molecule has 1 N–H and O–H groups in total. The summed E-state index contributed by atoms with van der Waals surface area (Å²) in [7, 11) is 3.70. The number of aromatic amines is 1. The van der Waals surface area contributed by atoms with Gasteiger partial charge in [0.2, 0.25) is 5.56 Å². The fourth-order valence-electron chi connectivity index (χ4n) is 7.68. The number of rotatable bonds is 6. The van der Waals surface area contributed by atoms with Gasteiger partial charge in [-0.25, -0.2) is 4.98 Å². The molecule has 1 saturated heterocycles. The first-order chi connectivity index (χ1) is 20.9. The van der Waals surface area contributed by atoms with E-state index in [-0.39, 0.29) is 11.5 Å². The van der Waals surface area contributed by atoms with Gasteiger partial charge in [0.15, 0.2) is 5.82 Å². The highest BCUT2D eigenvalue weighted by atomic mass is 16.5. The minimum Gasteiger partial charge on any atom is -0.494 e. The van der Waals surface area contributed by atoms with E-state index in [0.29, 0.717) is 35.0 Å². The Morgan fingerprint density at radius 1 is 1.05 bits per heavy atom. The zero-order valence-electron chi connectivity index (χ0n) is 25.0. The van der Waals surface area contributed by atoms with Gasteiger partial charge in [-0.3, -0.25) is 9.59 Å². The number of imidazole rings is 1.